The molecule has 0 fully saturated rings. The van der Waals surface area contributed by atoms with Crippen LogP contribution < -0.4 is 5.32 Å². The number of esters is 1. The van der Waals surface area contributed by atoms with E-state index < -0.39 is 18.5 Å². The van der Waals surface area contributed by atoms with Gasteiger partial charge in [-0.1, -0.05) is 17.7 Å². The van der Waals surface area contributed by atoms with Crippen molar-refractivity contribution in [2.24, 2.45) is 0 Å². The van der Waals surface area contributed by atoms with E-state index in [1.807, 2.05) is 19.1 Å². The van der Waals surface area contributed by atoms with Crippen molar-refractivity contribution in [3.8, 4) is 0 Å². The standard InChI is InChI=1S/C17H14ClN3O3/c1-11-8-12(18)5-6-13(11)20-16(22)10-24-17(23)14-9-21-7-3-2-4-15(21)19-14/h2-9H,10H2,1H3,(H,20,22). The van der Waals surface area contributed by atoms with E-state index in [0.717, 1.165) is 5.56 Å². The van der Waals surface area contributed by atoms with E-state index in [9.17, 15) is 9.59 Å². The van der Waals surface area contributed by atoms with Crippen LogP contribution in [0.4, 0.5) is 5.69 Å². The maximum atomic E-state index is 12.0. The van der Waals surface area contributed by atoms with E-state index in [0.29, 0.717) is 16.4 Å². The lowest BCUT2D eigenvalue weighted by molar-refractivity contribution is -0.119. The number of hydrogen-bond donors (Lipinski definition) is 1. The van der Waals surface area contributed by atoms with Gasteiger partial charge in [-0.15, -0.1) is 0 Å². The first-order valence-corrected chi connectivity index (χ1v) is 7.57. The van der Waals surface area contributed by atoms with Gasteiger partial charge in [-0.2, -0.15) is 0 Å². The van der Waals surface area contributed by atoms with Crippen molar-refractivity contribution in [2.45, 2.75) is 6.92 Å². The Morgan fingerprint density at radius 1 is 1.29 bits per heavy atom. The van der Waals surface area contributed by atoms with Gasteiger partial charge in [0, 0.05) is 23.1 Å². The summed E-state index contributed by atoms with van der Waals surface area (Å²) < 4.78 is 6.70. The van der Waals surface area contributed by atoms with Gasteiger partial charge in [0.2, 0.25) is 0 Å². The van der Waals surface area contributed by atoms with Crippen molar-refractivity contribution >= 4 is 34.8 Å². The highest BCUT2D eigenvalue weighted by atomic mass is 35.5. The molecule has 6 nitrogen and oxygen atoms in total. The highest BCUT2D eigenvalue weighted by molar-refractivity contribution is 6.30. The van der Waals surface area contributed by atoms with Crippen molar-refractivity contribution in [1.29, 1.82) is 0 Å². The molecule has 2 heterocycles. The first-order valence-electron chi connectivity index (χ1n) is 7.20. The van der Waals surface area contributed by atoms with Gasteiger partial charge in [0.15, 0.2) is 12.3 Å². The average molecular weight is 344 g/mol. The van der Waals surface area contributed by atoms with Crippen LogP contribution in [-0.4, -0.2) is 27.9 Å². The molecule has 0 unspecified atom stereocenters. The smallest absolute Gasteiger partial charge is 0.359 e. The molecule has 0 saturated heterocycles. The maximum absolute atomic E-state index is 12.0. The number of ether oxygens (including phenoxy) is 1. The van der Waals surface area contributed by atoms with Gasteiger partial charge in [0.25, 0.3) is 5.91 Å². The number of amides is 1. The molecule has 0 aliphatic carbocycles. The van der Waals surface area contributed by atoms with E-state index in [1.165, 1.54) is 0 Å². The predicted octanol–water partition coefficient (Wildman–Crippen LogP) is 3.09. The van der Waals surface area contributed by atoms with E-state index in [2.05, 4.69) is 10.3 Å². The van der Waals surface area contributed by atoms with Crippen LogP contribution in [0.25, 0.3) is 5.65 Å². The summed E-state index contributed by atoms with van der Waals surface area (Å²) in [5, 5.41) is 3.26. The first-order chi connectivity index (χ1) is 11.5. The molecule has 3 aromatic rings. The number of halogens is 1. The molecule has 0 aliphatic rings. The third kappa shape index (κ3) is 3.55. The third-order valence-corrected chi connectivity index (χ3v) is 3.61. The topological polar surface area (TPSA) is 72.7 Å². The lowest BCUT2D eigenvalue weighted by Gasteiger charge is -2.08. The van der Waals surface area contributed by atoms with E-state index in [4.69, 9.17) is 16.3 Å². The molecule has 0 bridgehead atoms. The molecule has 2 aromatic heterocycles. The van der Waals surface area contributed by atoms with Crippen molar-refractivity contribution in [3.63, 3.8) is 0 Å². The number of rotatable bonds is 4. The molecular weight excluding hydrogens is 330 g/mol. The number of pyridine rings is 1. The zero-order valence-electron chi connectivity index (χ0n) is 12.8. The number of benzene rings is 1. The monoisotopic (exact) mass is 343 g/mol. The quantitative estimate of drug-likeness (QED) is 0.739. The van der Waals surface area contributed by atoms with Gasteiger partial charge in [0.05, 0.1) is 0 Å². The molecular formula is C17H14ClN3O3. The number of imidazole rings is 1. The minimum atomic E-state index is -0.651. The first kappa shape index (κ1) is 16.0. The van der Waals surface area contributed by atoms with Crippen LogP contribution in [0.1, 0.15) is 16.1 Å². The lowest BCUT2D eigenvalue weighted by Crippen LogP contribution is -2.21. The zero-order valence-corrected chi connectivity index (χ0v) is 13.6. The van der Waals surface area contributed by atoms with Crippen LogP contribution in [0.3, 0.4) is 0 Å². The summed E-state index contributed by atoms with van der Waals surface area (Å²) >= 11 is 5.87. The summed E-state index contributed by atoms with van der Waals surface area (Å²) in [6.45, 7) is 1.43. The number of aromatic nitrogens is 2. The number of nitrogens with one attached hydrogen (secondary N) is 1. The normalized spacial score (nSPS) is 10.6. The van der Waals surface area contributed by atoms with Crippen molar-refractivity contribution in [3.05, 3.63) is 65.1 Å². The second-order valence-corrected chi connectivity index (χ2v) is 5.61. The Morgan fingerprint density at radius 2 is 2.12 bits per heavy atom. The van der Waals surface area contributed by atoms with E-state index in [1.54, 1.807) is 41.1 Å². The molecule has 0 aliphatic heterocycles. The van der Waals surface area contributed by atoms with Crippen LogP contribution in [-0.2, 0) is 9.53 Å². The van der Waals surface area contributed by atoms with Gasteiger partial charge < -0.3 is 14.5 Å². The molecule has 24 heavy (non-hydrogen) atoms. The molecule has 3 rings (SSSR count). The Balaban J connectivity index is 1.60. The molecule has 0 saturated carbocycles. The van der Waals surface area contributed by atoms with Crippen LogP contribution >= 0.6 is 11.6 Å². The predicted molar refractivity (Wildman–Crippen MR) is 90.3 cm³/mol. The van der Waals surface area contributed by atoms with Crippen molar-refractivity contribution < 1.29 is 14.3 Å². The Kier molecular flexibility index (Phi) is 4.48. The number of fused-ring (bicyclic) bond motifs is 1. The van der Waals surface area contributed by atoms with E-state index in [-0.39, 0.29) is 5.69 Å². The molecule has 0 radical (unpaired) electrons. The molecule has 1 amide bonds. The number of carbonyl (C=O) groups is 2. The maximum Gasteiger partial charge on any atom is 0.359 e. The molecule has 7 heteroatoms. The minimum absolute atomic E-state index is 0.150. The Bertz CT molecular complexity index is 887. The zero-order chi connectivity index (χ0) is 17.1. The molecule has 0 spiro atoms. The van der Waals surface area contributed by atoms with Crippen LogP contribution in [0.2, 0.25) is 5.02 Å². The highest BCUT2D eigenvalue weighted by Gasteiger charge is 2.14. The summed E-state index contributed by atoms with van der Waals surface area (Å²) in [6.07, 6.45) is 3.33. The van der Waals surface area contributed by atoms with Crippen LogP contribution in [0.15, 0.2) is 48.8 Å². The molecule has 122 valence electrons. The highest BCUT2D eigenvalue weighted by Crippen LogP contribution is 2.19. The fraction of sp³-hybridized carbons (Fsp3) is 0.118. The number of nitrogens with zero attached hydrogens (tertiary/aromatic N) is 2. The lowest BCUT2D eigenvalue weighted by atomic mass is 10.2. The molecule has 1 aromatic carbocycles. The summed E-state index contributed by atoms with van der Waals surface area (Å²) in [5.74, 6) is -1.08. The van der Waals surface area contributed by atoms with Crippen LogP contribution in [0, 0.1) is 6.92 Å². The van der Waals surface area contributed by atoms with Crippen molar-refractivity contribution in [2.75, 3.05) is 11.9 Å². The second-order valence-electron chi connectivity index (χ2n) is 5.18. The van der Waals surface area contributed by atoms with Gasteiger partial charge in [0.1, 0.15) is 5.65 Å². The van der Waals surface area contributed by atoms with Gasteiger partial charge >= 0.3 is 5.97 Å². The molecule has 0 atom stereocenters. The summed E-state index contributed by atoms with van der Waals surface area (Å²) in [7, 11) is 0. The summed E-state index contributed by atoms with van der Waals surface area (Å²) in [5.41, 5.74) is 2.22. The average Bonchev–Trinajstić information content (AvgIpc) is 2.99. The molecule has 1 N–H and O–H groups in total. The van der Waals surface area contributed by atoms with Crippen molar-refractivity contribution in [1.82, 2.24) is 9.38 Å². The third-order valence-electron chi connectivity index (χ3n) is 3.37. The van der Waals surface area contributed by atoms with Crippen LogP contribution in [0.5, 0.6) is 0 Å². The Morgan fingerprint density at radius 3 is 2.88 bits per heavy atom. The van der Waals surface area contributed by atoms with E-state index >= 15 is 0 Å². The summed E-state index contributed by atoms with van der Waals surface area (Å²) in [6, 6.07) is 10.5. The SMILES string of the molecule is Cc1cc(Cl)ccc1NC(=O)COC(=O)c1cn2ccccc2n1. The van der Waals surface area contributed by atoms with Gasteiger partial charge in [-0.05, 0) is 42.8 Å². The van der Waals surface area contributed by atoms with Gasteiger partial charge in [-0.3, -0.25) is 4.79 Å². The van der Waals surface area contributed by atoms with Gasteiger partial charge in [-0.25, -0.2) is 9.78 Å². The minimum Gasteiger partial charge on any atom is -0.451 e. The number of aryl methyl sites for hydroxylation is 1. The Hall–Kier alpha value is -2.86. The number of carbonyl (C=O) groups excluding carboxylic acids is 2. The Labute approximate surface area is 143 Å². The fourth-order valence-electron chi connectivity index (χ4n) is 2.19. The number of hydrogen-bond acceptors (Lipinski definition) is 4. The number of anilines is 1. The second kappa shape index (κ2) is 6.72. The summed E-state index contributed by atoms with van der Waals surface area (Å²) in [4.78, 5) is 28.0. The largest absolute Gasteiger partial charge is 0.451 e. The fourth-order valence-corrected chi connectivity index (χ4v) is 2.42.